The van der Waals surface area contributed by atoms with E-state index in [0.29, 0.717) is 5.92 Å². The zero-order valence-corrected chi connectivity index (χ0v) is 14.5. The van der Waals surface area contributed by atoms with Gasteiger partial charge in [-0.05, 0) is 56.7 Å². The molecule has 2 N–H and O–H groups in total. The van der Waals surface area contributed by atoms with E-state index in [2.05, 4.69) is 17.1 Å². The van der Waals surface area contributed by atoms with Gasteiger partial charge in [-0.15, -0.1) is 0 Å². The van der Waals surface area contributed by atoms with Crippen molar-refractivity contribution in [2.75, 3.05) is 37.5 Å². The van der Waals surface area contributed by atoms with E-state index in [9.17, 15) is 9.90 Å². The third-order valence-corrected chi connectivity index (χ3v) is 4.96. The fourth-order valence-corrected chi connectivity index (χ4v) is 3.10. The Morgan fingerprint density at radius 2 is 1.96 bits per heavy atom. The van der Waals surface area contributed by atoms with Crippen LogP contribution in [0.3, 0.4) is 0 Å². The zero-order chi connectivity index (χ0) is 16.8. The molecule has 1 aliphatic carbocycles. The number of carbonyl (C=O) groups excluding carboxylic acids is 1. The number of hydrogen-bond donors (Lipinski definition) is 2. The lowest BCUT2D eigenvalue weighted by molar-refractivity contribution is 0.139. The molecule has 2 amide bonds. The van der Waals surface area contributed by atoms with Gasteiger partial charge in [0.25, 0.3) is 0 Å². The number of anilines is 2. The van der Waals surface area contributed by atoms with Crippen LogP contribution in [0.2, 0.25) is 0 Å². The number of aliphatic hydroxyl groups is 1. The molecular formula is C18H29N3O2. The molecule has 5 heteroatoms. The van der Waals surface area contributed by atoms with Crippen LogP contribution in [0.25, 0.3) is 0 Å². The summed E-state index contributed by atoms with van der Waals surface area (Å²) in [5, 5.41) is 12.2. The van der Waals surface area contributed by atoms with E-state index >= 15 is 0 Å². The lowest BCUT2D eigenvalue weighted by Gasteiger charge is -2.34. The van der Waals surface area contributed by atoms with Gasteiger partial charge in [0, 0.05) is 44.7 Å². The molecule has 0 bridgehead atoms. The highest BCUT2D eigenvalue weighted by atomic mass is 16.3. The summed E-state index contributed by atoms with van der Waals surface area (Å²) in [5.74, 6) is 0.406. The van der Waals surface area contributed by atoms with Crippen LogP contribution in [-0.4, -0.2) is 49.3 Å². The number of rotatable bonds is 5. The van der Waals surface area contributed by atoms with Gasteiger partial charge in [0.15, 0.2) is 0 Å². The van der Waals surface area contributed by atoms with E-state index in [4.69, 9.17) is 0 Å². The van der Waals surface area contributed by atoms with Crippen molar-refractivity contribution >= 4 is 17.4 Å². The molecule has 0 spiro atoms. The SMILES string of the molecule is CCN(C)c1cccc(NC(=O)N(C)C2CCC(CO)CC2)c1. The van der Waals surface area contributed by atoms with Gasteiger partial charge in [-0.3, -0.25) is 0 Å². The normalized spacial score (nSPS) is 20.9. The number of benzene rings is 1. The van der Waals surface area contributed by atoms with E-state index in [0.717, 1.165) is 43.6 Å². The number of nitrogens with one attached hydrogen (secondary N) is 1. The zero-order valence-electron chi connectivity index (χ0n) is 14.5. The number of carbonyl (C=O) groups is 1. The minimum absolute atomic E-state index is 0.0613. The molecule has 1 aliphatic rings. The number of amides is 2. The van der Waals surface area contributed by atoms with Crippen molar-refractivity contribution in [1.82, 2.24) is 4.90 Å². The molecule has 0 aliphatic heterocycles. The number of nitrogens with zero attached hydrogens (tertiary/aromatic N) is 2. The molecule has 0 heterocycles. The molecule has 1 fully saturated rings. The topological polar surface area (TPSA) is 55.8 Å². The fraction of sp³-hybridized carbons (Fsp3) is 0.611. The summed E-state index contributed by atoms with van der Waals surface area (Å²) < 4.78 is 0. The largest absolute Gasteiger partial charge is 0.396 e. The molecule has 1 aromatic rings. The van der Waals surface area contributed by atoms with Crippen LogP contribution in [0.15, 0.2) is 24.3 Å². The number of urea groups is 1. The Kier molecular flexibility index (Phi) is 6.28. The van der Waals surface area contributed by atoms with Gasteiger partial charge in [-0.2, -0.15) is 0 Å². The summed E-state index contributed by atoms with van der Waals surface area (Å²) in [6.45, 7) is 3.29. The molecule has 0 aromatic heterocycles. The maximum absolute atomic E-state index is 12.5. The van der Waals surface area contributed by atoms with E-state index in [1.807, 2.05) is 43.3 Å². The average Bonchev–Trinajstić information content (AvgIpc) is 2.60. The first-order valence-electron chi connectivity index (χ1n) is 8.51. The van der Waals surface area contributed by atoms with Crippen molar-refractivity contribution in [3.63, 3.8) is 0 Å². The van der Waals surface area contributed by atoms with E-state index in [1.165, 1.54) is 0 Å². The van der Waals surface area contributed by atoms with Crippen LogP contribution < -0.4 is 10.2 Å². The van der Waals surface area contributed by atoms with E-state index in [-0.39, 0.29) is 18.7 Å². The lowest BCUT2D eigenvalue weighted by atomic mass is 9.86. The summed E-state index contributed by atoms with van der Waals surface area (Å²) in [6.07, 6.45) is 3.92. The van der Waals surface area contributed by atoms with Crippen molar-refractivity contribution in [3.05, 3.63) is 24.3 Å². The van der Waals surface area contributed by atoms with Gasteiger partial charge in [0.1, 0.15) is 0 Å². The Bertz CT molecular complexity index is 513. The quantitative estimate of drug-likeness (QED) is 0.876. The third kappa shape index (κ3) is 4.61. The van der Waals surface area contributed by atoms with Gasteiger partial charge in [-0.1, -0.05) is 6.07 Å². The summed E-state index contributed by atoms with van der Waals surface area (Å²) in [6, 6.07) is 8.12. The molecule has 5 nitrogen and oxygen atoms in total. The van der Waals surface area contributed by atoms with Gasteiger partial charge >= 0.3 is 6.03 Å². The smallest absolute Gasteiger partial charge is 0.321 e. The van der Waals surface area contributed by atoms with Crippen LogP contribution >= 0.6 is 0 Å². The first-order chi connectivity index (χ1) is 11.0. The Morgan fingerprint density at radius 1 is 1.26 bits per heavy atom. The van der Waals surface area contributed by atoms with Crippen LogP contribution in [0.1, 0.15) is 32.6 Å². The first kappa shape index (κ1) is 17.6. The summed E-state index contributed by atoms with van der Waals surface area (Å²) in [5.41, 5.74) is 1.92. The monoisotopic (exact) mass is 319 g/mol. The predicted octanol–water partition coefficient (Wildman–Crippen LogP) is 3.16. The maximum Gasteiger partial charge on any atom is 0.321 e. The van der Waals surface area contributed by atoms with Crippen LogP contribution in [0.4, 0.5) is 16.2 Å². The van der Waals surface area contributed by atoms with Gasteiger partial charge in [-0.25, -0.2) is 4.79 Å². The highest BCUT2D eigenvalue weighted by Crippen LogP contribution is 2.27. The van der Waals surface area contributed by atoms with Crippen molar-refractivity contribution in [2.45, 2.75) is 38.6 Å². The molecule has 23 heavy (non-hydrogen) atoms. The molecule has 1 aromatic carbocycles. The molecule has 2 rings (SSSR count). The second kappa shape index (κ2) is 8.20. The molecular weight excluding hydrogens is 290 g/mol. The molecule has 1 saturated carbocycles. The Labute approximate surface area is 139 Å². The van der Waals surface area contributed by atoms with Gasteiger partial charge < -0.3 is 20.2 Å². The summed E-state index contributed by atoms with van der Waals surface area (Å²) in [4.78, 5) is 16.4. The van der Waals surface area contributed by atoms with Gasteiger partial charge in [0.2, 0.25) is 0 Å². The highest BCUT2D eigenvalue weighted by molar-refractivity contribution is 5.90. The maximum atomic E-state index is 12.5. The number of hydrogen-bond acceptors (Lipinski definition) is 3. The Hall–Kier alpha value is -1.75. The minimum Gasteiger partial charge on any atom is -0.396 e. The van der Waals surface area contributed by atoms with Crippen LogP contribution in [-0.2, 0) is 0 Å². The third-order valence-electron chi connectivity index (χ3n) is 4.96. The predicted molar refractivity (Wildman–Crippen MR) is 95.0 cm³/mol. The Morgan fingerprint density at radius 3 is 2.57 bits per heavy atom. The van der Waals surface area contributed by atoms with Crippen molar-refractivity contribution in [3.8, 4) is 0 Å². The summed E-state index contributed by atoms with van der Waals surface area (Å²) >= 11 is 0. The molecule has 128 valence electrons. The fourth-order valence-electron chi connectivity index (χ4n) is 3.10. The standard InChI is InChI=1S/C18H29N3O2/c1-4-20(2)17-7-5-6-15(12-17)19-18(23)21(3)16-10-8-14(13-22)9-11-16/h5-7,12,14,16,22H,4,8-11,13H2,1-3H3,(H,19,23). The van der Waals surface area contributed by atoms with Gasteiger partial charge in [0.05, 0.1) is 0 Å². The molecule has 0 saturated heterocycles. The highest BCUT2D eigenvalue weighted by Gasteiger charge is 2.26. The second-order valence-electron chi connectivity index (χ2n) is 6.46. The minimum atomic E-state index is -0.0613. The van der Waals surface area contributed by atoms with E-state index in [1.54, 1.807) is 0 Å². The first-order valence-corrected chi connectivity index (χ1v) is 8.51. The molecule has 0 unspecified atom stereocenters. The average molecular weight is 319 g/mol. The summed E-state index contributed by atoms with van der Waals surface area (Å²) in [7, 11) is 3.90. The molecule has 0 atom stereocenters. The second-order valence-corrected chi connectivity index (χ2v) is 6.46. The Balaban J connectivity index is 1.93. The number of aliphatic hydroxyl groups excluding tert-OH is 1. The van der Waals surface area contributed by atoms with Crippen molar-refractivity contribution in [1.29, 1.82) is 0 Å². The lowest BCUT2D eigenvalue weighted by Crippen LogP contribution is -2.42. The van der Waals surface area contributed by atoms with Crippen molar-refractivity contribution < 1.29 is 9.90 Å². The van der Waals surface area contributed by atoms with Crippen LogP contribution in [0.5, 0.6) is 0 Å². The van der Waals surface area contributed by atoms with Crippen LogP contribution in [0, 0.1) is 5.92 Å². The van der Waals surface area contributed by atoms with Crippen molar-refractivity contribution in [2.24, 2.45) is 5.92 Å². The van der Waals surface area contributed by atoms with E-state index < -0.39 is 0 Å². The molecule has 0 radical (unpaired) electrons.